The fourth-order valence-corrected chi connectivity index (χ4v) is 3.95. The van der Waals surface area contributed by atoms with E-state index < -0.39 is 0 Å². The molecular weight excluding hydrogens is 346 g/mol. The van der Waals surface area contributed by atoms with Gasteiger partial charge in [0, 0.05) is 37.2 Å². The SMILES string of the molecule is Cl.Cl.Fc1ccc(Cl)c([C@@H](C2CCCC2)N2CCNCC2)c1. The fraction of sp³-hybridized carbons (Fsp3) is 0.625. The summed E-state index contributed by atoms with van der Waals surface area (Å²) in [5.74, 6) is 0.440. The average Bonchev–Trinajstić information content (AvgIpc) is 2.98. The van der Waals surface area contributed by atoms with E-state index in [0.29, 0.717) is 10.9 Å². The minimum Gasteiger partial charge on any atom is -0.314 e. The van der Waals surface area contributed by atoms with E-state index in [9.17, 15) is 4.39 Å². The summed E-state index contributed by atoms with van der Waals surface area (Å²) in [5.41, 5.74) is 0.987. The Labute approximate surface area is 149 Å². The Morgan fingerprint density at radius 2 is 1.77 bits per heavy atom. The molecule has 1 atom stereocenters. The van der Waals surface area contributed by atoms with Gasteiger partial charge >= 0.3 is 0 Å². The fourth-order valence-electron chi connectivity index (χ4n) is 3.72. The number of benzene rings is 1. The first-order valence-electron chi connectivity index (χ1n) is 7.65. The second kappa shape index (κ2) is 9.29. The van der Waals surface area contributed by atoms with Crippen LogP contribution < -0.4 is 5.32 Å². The van der Waals surface area contributed by atoms with Gasteiger partial charge in [0.25, 0.3) is 0 Å². The van der Waals surface area contributed by atoms with Crippen LogP contribution in [0.25, 0.3) is 0 Å². The highest BCUT2D eigenvalue weighted by atomic mass is 35.5. The zero-order valence-electron chi connectivity index (χ0n) is 12.6. The smallest absolute Gasteiger partial charge is 0.123 e. The predicted molar refractivity (Wildman–Crippen MR) is 95.0 cm³/mol. The van der Waals surface area contributed by atoms with E-state index in [-0.39, 0.29) is 36.7 Å². The number of nitrogens with one attached hydrogen (secondary N) is 1. The Morgan fingerprint density at radius 1 is 1.14 bits per heavy atom. The molecule has 1 aromatic carbocycles. The largest absolute Gasteiger partial charge is 0.314 e. The van der Waals surface area contributed by atoms with Gasteiger partial charge in [0.15, 0.2) is 0 Å². The topological polar surface area (TPSA) is 15.3 Å². The van der Waals surface area contributed by atoms with E-state index in [1.807, 2.05) is 0 Å². The van der Waals surface area contributed by atoms with E-state index >= 15 is 0 Å². The van der Waals surface area contributed by atoms with E-state index in [0.717, 1.165) is 31.7 Å². The molecule has 1 saturated heterocycles. The van der Waals surface area contributed by atoms with Gasteiger partial charge in [-0.2, -0.15) is 0 Å². The lowest BCUT2D eigenvalue weighted by Crippen LogP contribution is -2.46. The quantitative estimate of drug-likeness (QED) is 0.846. The Hall–Kier alpha value is -0.0600. The van der Waals surface area contributed by atoms with E-state index in [4.69, 9.17) is 11.6 Å². The van der Waals surface area contributed by atoms with Gasteiger partial charge in [-0.15, -0.1) is 24.8 Å². The third-order valence-electron chi connectivity index (χ3n) is 4.67. The standard InChI is InChI=1S/C16H22ClFN2.2ClH/c17-15-6-5-13(18)11-14(15)16(12-3-1-2-4-12)20-9-7-19-8-10-20;;/h5-6,11-12,16,19H,1-4,7-10H2;2*1H/t16-;;/m1../s1. The molecule has 0 unspecified atom stereocenters. The van der Waals surface area contributed by atoms with Crippen molar-refractivity contribution in [3.8, 4) is 0 Å². The van der Waals surface area contributed by atoms with Gasteiger partial charge in [0.05, 0.1) is 0 Å². The molecule has 0 radical (unpaired) electrons. The van der Waals surface area contributed by atoms with Gasteiger partial charge in [-0.1, -0.05) is 24.4 Å². The number of hydrogen-bond acceptors (Lipinski definition) is 2. The van der Waals surface area contributed by atoms with Gasteiger partial charge in [-0.25, -0.2) is 4.39 Å². The van der Waals surface area contributed by atoms with Crippen LogP contribution in [0.1, 0.15) is 37.3 Å². The van der Waals surface area contributed by atoms with Crippen LogP contribution in [0.4, 0.5) is 4.39 Å². The Bertz CT molecular complexity index is 461. The molecule has 1 aliphatic heterocycles. The van der Waals surface area contributed by atoms with Crippen molar-refractivity contribution in [3.63, 3.8) is 0 Å². The highest BCUT2D eigenvalue weighted by Crippen LogP contribution is 2.42. The molecule has 22 heavy (non-hydrogen) atoms. The van der Waals surface area contributed by atoms with E-state index in [1.54, 1.807) is 12.1 Å². The van der Waals surface area contributed by atoms with E-state index in [2.05, 4.69) is 10.2 Å². The molecule has 2 fully saturated rings. The monoisotopic (exact) mass is 368 g/mol. The molecule has 1 N–H and O–H groups in total. The molecule has 1 heterocycles. The summed E-state index contributed by atoms with van der Waals surface area (Å²) in [7, 11) is 0. The predicted octanol–water partition coefficient (Wildman–Crippen LogP) is 4.46. The summed E-state index contributed by atoms with van der Waals surface area (Å²) < 4.78 is 13.7. The molecule has 0 bridgehead atoms. The maximum atomic E-state index is 13.7. The molecule has 126 valence electrons. The van der Waals surface area contributed by atoms with Crippen molar-refractivity contribution < 1.29 is 4.39 Å². The Morgan fingerprint density at radius 3 is 2.41 bits per heavy atom. The van der Waals surface area contributed by atoms with Gasteiger partial charge < -0.3 is 5.32 Å². The van der Waals surface area contributed by atoms with Crippen molar-refractivity contribution in [3.05, 3.63) is 34.6 Å². The van der Waals surface area contributed by atoms with Crippen LogP contribution in [0.3, 0.4) is 0 Å². The normalized spacial score (nSPS) is 21.0. The molecule has 0 spiro atoms. The lowest BCUT2D eigenvalue weighted by molar-refractivity contribution is 0.125. The molecule has 1 aromatic rings. The Balaban J connectivity index is 0.00000121. The average molecular weight is 370 g/mol. The summed E-state index contributed by atoms with van der Waals surface area (Å²) in [5, 5.41) is 4.10. The second-order valence-electron chi connectivity index (χ2n) is 5.94. The third-order valence-corrected chi connectivity index (χ3v) is 5.01. The number of piperazine rings is 1. The highest BCUT2D eigenvalue weighted by molar-refractivity contribution is 6.31. The van der Waals surface area contributed by atoms with Crippen molar-refractivity contribution in [1.82, 2.24) is 10.2 Å². The third kappa shape index (κ3) is 4.48. The second-order valence-corrected chi connectivity index (χ2v) is 6.35. The molecule has 2 aliphatic rings. The number of nitrogens with zero attached hydrogens (tertiary/aromatic N) is 1. The maximum absolute atomic E-state index is 13.7. The molecule has 1 saturated carbocycles. The summed E-state index contributed by atoms with van der Waals surface area (Å²) >= 11 is 6.38. The van der Waals surface area contributed by atoms with Gasteiger partial charge in [-0.3, -0.25) is 4.90 Å². The number of rotatable bonds is 3. The molecule has 0 aromatic heterocycles. The van der Waals surface area contributed by atoms with E-state index in [1.165, 1.54) is 31.7 Å². The van der Waals surface area contributed by atoms with Crippen LogP contribution in [-0.4, -0.2) is 31.1 Å². The number of halogens is 4. The van der Waals surface area contributed by atoms with Crippen LogP contribution in [0, 0.1) is 11.7 Å². The van der Waals surface area contributed by atoms with Crippen LogP contribution in [-0.2, 0) is 0 Å². The highest BCUT2D eigenvalue weighted by Gasteiger charge is 2.33. The minimum absolute atomic E-state index is 0. The maximum Gasteiger partial charge on any atom is 0.123 e. The molecule has 0 amide bonds. The Kier molecular flexibility index (Phi) is 8.44. The minimum atomic E-state index is -0.178. The zero-order chi connectivity index (χ0) is 13.9. The van der Waals surface area contributed by atoms with Crippen LogP contribution in [0.5, 0.6) is 0 Å². The van der Waals surface area contributed by atoms with Crippen molar-refractivity contribution in [2.24, 2.45) is 5.92 Å². The van der Waals surface area contributed by atoms with Gasteiger partial charge in [-0.05, 0) is 42.5 Å². The molecule has 1 aliphatic carbocycles. The van der Waals surface area contributed by atoms with Gasteiger partial charge in [0.2, 0.25) is 0 Å². The zero-order valence-corrected chi connectivity index (χ0v) is 15.0. The first-order chi connectivity index (χ1) is 9.75. The molecular formula is C16H24Cl3FN2. The van der Waals surface area contributed by atoms with Crippen LogP contribution in [0.15, 0.2) is 18.2 Å². The van der Waals surface area contributed by atoms with Crippen molar-refractivity contribution >= 4 is 36.4 Å². The lowest BCUT2D eigenvalue weighted by atomic mass is 9.89. The molecule has 2 nitrogen and oxygen atoms in total. The lowest BCUT2D eigenvalue weighted by Gasteiger charge is -2.39. The van der Waals surface area contributed by atoms with Crippen LogP contribution in [0.2, 0.25) is 5.02 Å². The number of hydrogen-bond donors (Lipinski definition) is 1. The summed E-state index contributed by atoms with van der Waals surface area (Å²) in [4.78, 5) is 2.49. The first kappa shape index (κ1) is 20.0. The summed E-state index contributed by atoms with van der Waals surface area (Å²) in [6, 6.07) is 5.08. The van der Waals surface area contributed by atoms with Gasteiger partial charge in [0.1, 0.15) is 5.82 Å². The van der Waals surface area contributed by atoms with Crippen molar-refractivity contribution in [2.75, 3.05) is 26.2 Å². The van der Waals surface area contributed by atoms with Crippen LogP contribution >= 0.6 is 36.4 Å². The molecule has 3 rings (SSSR count). The summed E-state index contributed by atoms with van der Waals surface area (Å²) in [6.07, 6.45) is 5.06. The first-order valence-corrected chi connectivity index (χ1v) is 8.03. The molecule has 6 heteroatoms. The van der Waals surface area contributed by atoms with Crippen molar-refractivity contribution in [2.45, 2.75) is 31.7 Å². The summed E-state index contributed by atoms with van der Waals surface area (Å²) in [6.45, 7) is 4.06. The van der Waals surface area contributed by atoms with Crippen molar-refractivity contribution in [1.29, 1.82) is 0 Å².